The van der Waals surface area contributed by atoms with Gasteiger partial charge in [0.2, 0.25) is 0 Å². The molecule has 0 amide bonds. The van der Waals surface area contributed by atoms with Crippen molar-refractivity contribution in [3.05, 3.63) is 45.9 Å². The maximum atomic E-state index is 10.3. The topological polar surface area (TPSA) is 54.8 Å². The third-order valence-electron chi connectivity index (χ3n) is 3.98. The molecule has 1 N–H and O–H groups in total. The fourth-order valence-corrected chi connectivity index (χ4v) is 3.65. The van der Waals surface area contributed by atoms with Gasteiger partial charge in [-0.05, 0) is 37.1 Å². The van der Waals surface area contributed by atoms with E-state index in [4.69, 9.17) is 9.47 Å². The molecular formula is C18H24N2O3S. The second kappa shape index (κ2) is 8.07. The van der Waals surface area contributed by atoms with Crippen molar-refractivity contribution in [1.29, 1.82) is 0 Å². The van der Waals surface area contributed by atoms with Crippen LogP contribution in [0.2, 0.25) is 0 Å². The Morgan fingerprint density at radius 1 is 1.38 bits per heavy atom. The molecule has 24 heavy (non-hydrogen) atoms. The Hall–Kier alpha value is -1.47. The Balaban J connectivity index is 1.48. The Morgan fingerprint density at radius 3 is 2.88 bits per heavy atom. The van der Waals surface area contributed by atoms with E-state index in [-0.39, 0.29) is 6.10 Å². The summed E-state index contributed by atoms with van der Waals surface area (Å²) in [6.07, 6.45) is 1.28. The molecule has 0 spiro atoms. The Morgan fingerprint density at radius 2 is 2.17 bits per heavy atom. The van der Waals surface area contributed by atoms with Gasteiger partial charge >= 0.3 is 0 Å². The molecule has 1 fully saturated rings. The normalized spacial score (nSPS) is 20.0. The number of hydrogen-bond donors (Lipinski definition) is 1. The van der Waals surface area contributed by atoms with Crippen molar-refractivity contribution >= 4 is 11.3 Å². The van der Waals surface area contributed by atoms with Crippen LogP contribution < -0.4 is 4.74 Å². The number of ether oxygens (including phenoxy) is 2. The summed E-state index contributed by atoms with van der Waals surface area (Å²) >= 11 is 1.61. The molecule has 1 saturated heterocycles. The summed E-state index contributed by atoms with van der Waals surface area (Å²) in [5, 5.41) is 13.3. The minimum Gasteiger partial charge on any atom is -0.491 e. The Bertz CT molecular complexity index is 627. The highest BCUT2D eigenvalue weighted by atomic mass is 32.1. The monoisotopic (exact) mass is 348 g/mol. The fraction of sp³-hybridized carbons (Fsp3) is 0.500. The number of aliphatic hydroxyl groups excluding tert-OH is 1. The van der Waals surface area contributed by atoms with Gasteiger partial charge in [-0.3, -0.25) is 4.90 Å². The van der Waals surface area contributed by atoms with E-state index in [0.29, 0.717) is 19.8 Å². The van der Waals surface area contributed by atoms with Crippen LogP contribution >= 0.6 is 11.3 Å². The summed E-state index contributed by atoms with van der Waals surface area (Å²) in [7, 11) is 0. The van der Waals surface area contributed by atoms with E-state index in [1.54, 1.807) is 17.5 Å². The van der Waals surface area contributed by atoms with Crippen molar-refractivity contribution < 1.29 is 14.6 Å². The van der Waals surface area contributed by atoms with E-state index in [0.717, 1.165) is 23.8 Å². The van der Waals surface area contributed by atoms with Crippen molar-refractivity contribution in [3.8, 4) is 5.75 Å². The second-order valence-electron chi connectivity index (χ2n) is 6.28. The summed E-state index contributed by atoms with van der Waals surface area (Å²) in [6, 6.07) is 6.09. The lowest BCUT2D eigenvalue weighted by Crippen LogP contribution is -2.43. The van der Waals surface area contributed by atoms with Gasteiger partial charge in [-0.2, -0.15) is 0 Å². The zero-order chi connectivity index (χ0) is 16.9. The molecule has 2 heterocycles. The van der Waals surface area contributed by atoms with Crippen LogP contribution in [0.4, 0.5) is 0 Å². The lowest BCUT2D eigenvalue weighted by atomic mass is 10.1. The molecule has 0 saturated carbocycles. The number of benzene rings is 1. The number of aryl methyl sites for hydroxylation is 2. The number of aliphatic hydroxyl groups is 1. The first kappa shape index (κ1) is 17.4. The predicted octanol–water partition coefficient (Wildman–Crippen LogP) is 2.57. The minimum absolute atomic E-state index is 0.00582. The number of thiazole rings is 1. The van der Waals surface area contributed by atoms with Gasteiger partial charge in [0.15, 0.2) is 0 Å². The van der Waals surface area contributed by atoms with Crippen LogP contribution in [0.15, 0.2) is 29.8 Å². The van der Waals surface area contributed by atoms with E-state index in [1.807, 2.05) is 31.4 Å². The predicted molar refractivity (Wildman–Crippen MR) is 94.7 cm³/mol. The number of rotatable bonds is 6. The van der Waals surface area contributed by atoms with E-state index in [9.17, 15) is 5.11 Å². The molecule has 1 aromatic carbocycles. The van der Waals surface area contributed by atoms with Crippen LogP contribution in [0.3, 0.4) is 0 Å². The van der Waals surface area contributed by atoms with Crippen molar-refractivity contribution in [3.63, 3.8) is 0 Å². The number of hydrogen-bond acceptors (Lipinski definition) is 6. The second-order valence-corrected chi connectivity index (χ2v) is 7.20. The van der Waals surface area contributed by atoms with Crippen molar-refractivity contribution in [2.45, 2.75) is 26.1 Å². The average molecular weight is 348 g/mol. The van der Waals surface area contributed by atoms with Gasteiger partial charge < -0.3 is 14.6 Å². The van der Waals surface area contributed by atoms with E-state index in [2.05, 4.69) is 16.0 Å². The molecule has 0 bridgehead atoms. The van der Waals surface area contributed by atoms with Gasteiger partial charge in [-0.25, -0.2) is 4.98 Å². The van der Waals surface area contributed by atoms with Crippen LogP contribution in [0, 0.1) is 13.8 Å². The molecule has 5 nitrogen and oxygen atoms in total. The SMILES string of the molecule is Cc1cc(C)cc(OC[C@@H](O)CN2CCO[C@@H](c3nccs3)C2)c1. The molecule has 2 atom stereocenters. The summed E-state index contributed by atoms with van der Waals surface area (Å²) in [6.45, 7) is 7.20. The molecule has 1 aliphatic heterocycles. The van der Waals surface area contributed by atoms with E-state index >= 15 is 0 Å². The highest BCUT2D eigenvalue weighted by Gasteiger charge is 2.25. The largest absolute Gasteiger partial charge is 0.491 e. The van der Waals surface area contributed by atoms with Crippen LogP contribution in [0.25, 0.3) is 0 Å². The summed E-state index contributed by atoms with van der Waals surface area (Å²) in [5.41, 5.74) is 2.33. The Kier molecular flexibility index (Phi) is 5.84. The molecule has 2 aromatic rings. The maximum absolute atomic E-state index is 10.3. The molecule has 130 valence electrons. The van der Waals surface area contributed by atoms with Crippen LogP contribution in [0.1, 0.15) is 22.2 Å². The fourth-order valence-electron chi connectivity index (χ4n) is 2.97. The molecule has 1 aromatic heterocycles. The molecule has 0 aliphatic carbocycles. The average Bonchev–Trinajstić information content (AvgIpc) is 3.07. The molecular weight excluding hydrogens is 324 g/mol. The Labute approximate surface area is 146 Å². The smallest absolute Gasteiger partial charge is 0.123 e. The van der Waals surface area contributed by atoms with Gasteiger partial charge in [-0.1, -0.05) is 6.07 Å². The maximum Gasteiger partial charge on any atom is 0.123 e. The first-order valence-corrected chi connectivity index (χ1v) is 9.10. The molecule has 0 radical (unpaired) electrons. The minimum atomic E-state index is -0.527. The van der Waals surface area contributed by atoms with Crippen LogP contribution in [-0.2, 0) is 4.74 Å². The van der Waals surface area contributed by atoms with E-state index in [1.165, 1.54) is 11.1 Å². The third kappa shape index (κ3) is 4.77. The lowest BCUT2D eigenvalue weighted by molar-refractivity contribution is -0.0460. The highest BCUT2D eigenvalue weighted by Crippen LogP contribution is 2.24. The van der Waals surface area contributed by atoms with Gasteiger partial charge in [0.05, 0.1) is 6.61 Å². The standard InChI is InChI=1S/C18H24N2O3S/c1-13-7-14(2)9-16(8-13)23-12-15(21)10-20-4-5-22-17(11-20)18-19-3-6-24-18/h3,6-9,15,17,21H,4-5,10-12H2,1-2H3/t15-,17+/m0/s1. The van der Waals surface area contributed by atoms with E-state index < -0.39 is 6.10 Å². The van der Waals surface area contributed by atoms with Crippen molar-refractivity contribution in [2.24, 2.45) is 0 Å². The van der Waals surface area contributed by atoms with Crippen LogP contribution in [-0.4, -0.2) is 53.9 Å². The summed E-state index contributed by atoms with van der Waals surface area (Å²) < 4.78 is 11.5. The van der Waals surface area contributed by atoms with Crippen molar-refractivity contribution in [2.75, 3.05) is 32.8 Å². The zero-order valence-corrected chi connectivity index (χ0v) is 15.0. The van der Waals surface area contributed by atoms with Gasteiger partial charge in [-0.15, -0.1) is 11.3 Å². The van der Waals surface area contributed by atoms with Crippen molar-refractivity contribution in [1.82, 2.24) is 9.88 Å². The summed E-state index contributed by atoms with van der Waals surface area (Å²) in [5.74, 6) is 0.814. The van der Waals surface area contributed by atoms with Gasteiger partial charge in [0.25, 0.3) is 0 Å². The highest BCUT2D eigenvalue weighted by molar-refractivity contribution is 7.09. The zero-order valence-electron chi connectivity index (χ0n) is 14.1. The first-order chi connectivity index (χ1) is 11.6. The summed E-state index contributed by atoms with van der Waals surface area (Å²) in [4.78, 5) is 6.54. The number of nitrogens with zero attached hydrogens (tertiary/aromatic N) is 2. The molecule has 6 heteroatoms. The van der Waals surface area contributed by atoms with Crippen LogP contribution in [0.5, 0.6) is 5.75 Å². The number of aromatic nitrogens is 1. The lowest BCUT2D eigenvalue weighted by Gasteiger charge is -2.33. The number of morpholine rings is 1. The number of β-amino-alcohol motifs (C(OH)–C–C–N with tert-alkyl or cyclic N) is 1. The molecule has 3 rings (SSSR count). The molecule has 0 unspecified atom stereocenters. The quantitative estimate of drug-likeness (QED) is 0.869. The first-order valence-electron chi connectivity index (χ1n) is 8.22. The van der Waals surface area contributed by atoms with Gasteiger partial charge in [0, 0.05) is 31.2 Å². The molecule has 1 aliphatic rings. The third-order valence-corrected chi connectivity index (χ3v) is 4.85. The van der Waals surface area contributed by atoms with Gasteiger partial charge in [0.1, 0.15) is 29.6 Å².